The van der Waals surface area contributed by atoms with Gasteiger partial charge in [-0.05, 0) is 42.5 Å². The summed E-state index contributed by atoms with van der Waals surface area (Å²) >= 11 is 7.36. The molecule has 0 fully saturated rings. The molecule has 0 heterocycles. The summed E-state index contributed by atoms with van der Waals surface area (Å²) in [5.41, 5.74) is 0.109. The van der Waals surface area contributed by atoms with Gasteiger partial charge in [-0.25, -0.2) is 12.8 Å². The number of hydrogen-bond acceptors (Lipinski definition) is 4. The second-order valence-corrected chi connectivity index (χ2v) is 8.91. The largest absolute Gasteiger partial charge is 0.354 e. The molecule has 0 aliphatic rings. The second kappa shape index (κ2) is 9.25. The Kier molecular flexibility index (Phi) is 7.31. The van der Waals surface area contributed by atoms with E-state index in [0.717, 1.165) is 21.5 Å². The summed E-state index contributed by atoms with van der Waals surface area (Å²) < 4.78 is 38.1. The summed E-state index contributed by atoms with van der Waals surface area (Å²) in [6.07, 6.45) is 0.974. The molecule has 0 aliphatic carbocycles. The van der Waals surface area contributed by atoms with Gasteiger partial charge in [0.2, 0.25) is 15.9 Å². The first-order valence-electron chi connectivity index (χ1n) is 7.64. The van der Waals surface area contributed by atoms with E-state index < -0.39 is 28.3 Å². The predicted octanol–water partition coefficient (Wildman–Crippen LogP) is 3.15. The molecule has 0 spiro atoms. The van der Waals surface area contributed by atoms with E-state index in [4.69, 9.17) is 11.6 Å². The Morgan fingerprint density at radius 2 is 1.92 bits per heavy atom. The molecule has 0 radical (unpaired) electrons. The first kappa shape index (κ1) is 20.5. The highest BCUT2D eigenvalue weighted by molar-refractivity contribution is 7.99. The first-order valence-corrected chi connectivity index (χ1v) is 10.9. The summed E-state index contributed by atoms with van der Waals surface area (Å²) in [5, 5.41) is 3.32. The lowest BCUT2D eigenvalue weighted by molar-refractivity contribution is -0.119. The molecule has 2 aromatic rings. The maximum Gasteiger partial charge on any atom is 0.240 e. The van der Waals surface area contributed by atoms with Crippen LogP contribution < -0.4 is 9.62 Å². The van der Waals surface area contributed by atoms with Crippen LogP contribution in [-0.2, 0) is 14.8 Å². The number of halogens is 2. The van der Waals surface area contributed by atoms with E-state index in [1.807, 2.05) is 12.1 Å². The zero-order valence-corrected chi connectivity index (χ0v) is 16.4. The number of carbonyl (C=O) groups excluding carboxylic acids is 1. The van der Waals surface area contributed by atoms with Crippen LogP contribution in [0.2, 0.25) is 5.02 Å². The van der Waals surface area contributed by atoms with Gasteiger partial charge in [-0.15, -0.1) is 11.8 Å². The number of hydrogen-bond donors (Lipinski definition) is 1. The van der Waals surface area contributed by atoms with Crippen molar-refractivity contribution in [3.63, 3.8) is 0 Å². The van der Waals surface area contributed by atoms with Crippen molar-refractivity contribution in [2.75, 3.05) is 29.4 Å². The highest BCUT2D eigenvalue weighted by atomic mass is 35.5. The topological polar surface area (TPSA) is 66.5 Å². The van der Waals surface area contributed by atoms with E-state index in [0.29, 0.717) is 17.3 Å². The summed E-state index contributed by atoms with van der Waals surface area (Å²) in [6.45, 7) is -0.0409. The van der Waals surface area contributed by atoms with Crippen molar-refractivity contribution in [2.24, 2.45) is 0 Å². The number of carbonyl (C=O) groups is 1. The summed E-state index contributed by atoms with van der Waals surface area (Å²) in [5.74, 6) is -0.418. The van der Waals surface area contributed by atoms with Gasteiger partial charge in [0.25, 0.3) is 0 Å². The van der Waals surface area contributed by atoms with Crippen LogP contribution in [0.1, 0.15) is 0 Å². The lowest BCUT2D eigenvalue weighted by Gasteiger charge is -2.21. The predicted molar refractivity (Wildman–Crippen MR) is 104 cm³/mol. The van der Waals surface area contributed by atoms with Gasteiger partial charge in [-0.1, -0.05) is 17.7 Å². The second-order valence-electron chi connectivity index (χ2n) is 5.40. The molecule has 0 atom stereocenters. The highest BCUT2D eigenvalue weighted by Crippen LogP contribution is 2.20. The van der Waals surface area contributed by atoms with Crippen LogP contribution >= 0.6 is 23.4 Å². The van der Waals surface area contributed by atoms with Gasteiger partial charge >= 0.3 is 0 Å². The van der Waals surface area contributed by atoms with Gasteiger partial charge in [0.15, 0.2) is 0 Å². The van der Waals surface area contributed by atoms with Gasteiger partial charge in [0, 0.05) is 22.2 Å². The van der Waals surface area contributed by atoms with Crippen LogP contribution in [0.15, 0.2) is 53.4 Å². The van der Waals surface area contributed by atoms with Gasteiger partial charge in [0.1, 0.15) is 12.4 Å². The average Bonchev–Trinajstić information content (AvgIpc) is 2.57. The van der Waals surface area contributed by atoms with E-state index in [1.54, 1.807) is 12.1 Å². The maximum atomic E-state index is 13.4. The number of amides is 1. The molecule has 0 saturated carbocycles. The minimum absolute atomic E-state index is 0.109. The van der Waals surface area contributed by atoms with Crippen molar-refractivity contribution in [1.29, 1.82) is 0 Å². The van der Waals surface area contributed by atoms with Crippen LogP contribution in [0, 0.1) is 5.82 Å². The summed E-state index contributed by atoms with van der Waals surface area (Å²) in [4.78, 5) is 13.1. The number of benzene rings is 2. The standard InChI is InChI=1S/C17H18ClFN2O3S2/c1-26(23,24)21(15-4-2-3-14(19)11-15)12-17(22)20-9-10-25-16-7-5-13(18)6-8-16/h2-8,11H,9-10,12H2,1H3,(H,20,22). The smallest absolute Gasteiger partial charge is 0.240 e. The molecule has 5 nitrogen and oxygen atoms in total. The Morgan fingerprint density at radius 3 is 2.54 bits per heavy atom. The number of sulfonamides is 1. The zero-order chi connectivity index (χ0) is 19.2. The Labute approximate surface area is 161 Å². The Balaban J connectivity index is 1.88. The molecule has 0 aromatic heterocycles. The molecule has 0 unspecified atom stereocenters. The third-order valence-corrected chi connectivity index (χ3v) is 5.70. The van der Waals surface area contributed by atoms with Crippen molar-refractivity contribution in [3.8, 4) is 0 Å². The van der Waals surface area contributed by atoms with Crippen LogP contribution in [0.4, 0.5) is 10.1 Å². The molecule has 0 bridgehead atoms. The van der Waals surface area contributed by atoms with E-state index in [-0.39, 0.29) is 5.69 Å². The average molecular weight is 417 g/mol. The Bertz CT molecular complexity index is 861. The minimum atomic E-state index is -3.72. The van der Waals surface area contributed by atoms with E-state index in [1.165, 1.54) is 30.0 Å². The quantitative estimate of drug-likeness (QED) is 0.530. The molecule has 0 aliphatic heterocycles. The number of nitrogens with one attached hydrogen (secondary N) is 1. The molecule has 26 heavy (non-hydrogen) atoms. The molecular weight excluding hydrogens is 399 g/mol. The van der Waals surface area contributed by atoms with Gasteiger partial charge in [0.05, 0.1) is 11.9 Å². The molecule has 2 aromatic carbocycles. The zero-order valence-electron chi connectivity index (χ0n) is 14.0. The number of thioether (sulfide) groups is 1. The summed E-state index contributed by atoms with van der Waals surface area (Å²) in [7, 11) is -3.72. The fourth-order valence-corrected chi connectivity index (χ4v) is 3.85. The summed E-state index contributed by atoms with van der Waals surface area (Å²) in [6, 6.07) is 12.4. The molecule has 0 saturated heterocycles. The third-order valence-electron chi connectivity index (χ3n) is 3.29. The third kappa shape index (κ3) is 6.51. The van der Waals surface area contributed by atoms with Crippen LogP contribution in [0.3, 0.4) is 0 Å². The SMILES string of the molecule is CS(=O)(=O)N(CC(=O)NCCSc1ccc(Cl)cc1)c1cccc(F)c1. The fourth-order valence-electron chi connectivity index (χ4n) is 2.11. The molecule has 1 N–H and O–H groups in total. The Morgan fingerprint density at radius 1 is 1.23 bits per heavy atom. The Hall–Kier alpha value is -1.77. The minimum Gasteiger partial charge on any atom is -0.354 e. The molecule has 1 amide bonds. The van der Waals surface area contributed by atoms with Crippen molar-refractivity contribution in [1.82, 2.24) is 5.32 Å². The fraction of sp³-hybridized carbons (Fsp3) is 0.235. The lowest BCUT2D eigenvalue weighted by atomic mass is 10.3. The van der Waals surface area contributed by atoms with Crippen molar-refractivity contribution in [3.05, 3.63) is 59.4 Å². The van der Waals surface area contributed by atoms with Crippen LogP contribution in [-0.4, -0.2) is 39.4 Å². The van der Waals surface area contributed by atoms with E-state index >= 15 is 0 Å². The molecule has 9 heteroatoms. The van der Waals surface area contributed by atoms with Gasteiger partial charge < -0.3 is 5.32 Å². The number of nitrogens with zero attached hydrogens (tertiary/aromatic N) is 1. The maximum absolute atomic E-state index is 13.4. The first-order chi connectivity index (χ1) is 12.3. The monoisotopic (exact) mass is 416 g/mol. The molecule has 2 rings (SSSR count). The van der Waals surface area contributed by atoms with E-state index in [9.17, 15) is 17.6 Å². The van der Waals surface area contributed by atoms with Crippen molar-refractivity contribution < 1.29 is 17.6 Å². The normalized spacial score (nSPS) is 11.2. The lowest BCUT2D eigenvalue weighted by Crippen LogP contribution is -2.41. The van der Waals surface area contributed by atoms with Crippen LogP contribution in [0.5, 0.6) is 0 Å². The molecule has 140 valence electrons. The highest BCUT2D eigenvalue weighted by Gasteiger charge is 2.21. The van der Waals surface area contributed by atoms with Crippen molar-refractivity contribution >= 4 is 45.0 Å². The number of rotatable bonds is 8. The molecular formula is C17H18ClFN2O3S2. The van der Waals surface area contributed by atoms with Crippen LogP contribution in [0.25, 0.3) is 0 Å². The van der Waals surface area contributed by atoms with E-state index in [2.05, 4.69) is 5.32 Å². The van der Waals surface area contributed by atoms with Gasteiger partial charge in [-0.3, -0.25) is 9.10 Å². The van der Waals surface area contributed by atoms with Gasteiger partial charge in [-0.2, -0.15) is 0 Å². The van der Waals surface area contributed by atoms with Crippen molar-refractivity contribution in [2.45, 2.75) is 4.90 Å². The number of anilines is 1.